The average Bonchev–Trinajstić information content (AvgIpc) is 2.36. The van der Waals surface area contributed by atoms with E-state index in [2.05, 4.69) is 32.6 Å². The summed E-state index contributed by atoms with van der Waals surface area (Å²) in [6, 6.07) is -0.218. The summed E-state index contributed by atoms with van der Waals surface area (Å²) >= 11 is 0. The van der Waals surface area contributed by atoms with Gasteiger partial charge in [-0.25, -0.2) is 8.42 Å². The zero-order valence-electron chi connectivity index (χ0n) is 11.3. The smallest absolute Gasteiger partial charge is 0.154 e. The molecule has 0 spiro atoms. The zero-order chi connectivity index (χ0) is 13.2. The second-order valence-electron chi connectivity index (χ2n) is 5.95. The van der Waals surface area contributed by atoms with Gasteiger partial charge in [-0.3, -0.25) is 4.90 Å². The van der Waals surface area contributed by atoms with Crippen molar-refractivity contribution in [2.75, 3.05) is 24.6 Å². The molecule has 0 amide bonds. The summed E-state index contributed by atoms with van der Waals surface area (Å²) in [5.74, 6) is 0.978. The number of rotatable bonds is 5. The van der Waals surface area contributed by atoms with Gasteiger partial charge in [0.25, 0.3) is 0 Å². The van der Waals surface area contributed by atoms with Gasteiger partial charge in [0.15, 0.2) is 9.84 Å². The maximum absolute atomic E-state index is 11.5. The molecular weight excluding hydrogens is 238 g/mol. The van der Waals surface area contributed by atoms with Crippen LogP contribution in [0, 0.1) is 11.8 Å². The number of nitrogens with zero attached hydrogens (tertiary/aromatic N) is 1. The molecule has 1 N–H and O–H groups in total. The van der Waals surface area contributed by atoms with Gasteiger partial charge in [-0.05, 0) is 11.8 Å². The summed E-state index contributed by atoms with van der Waals surface area (Å²) in [5, 5.41) is 9.90. The fourth-order valence-electron chi connectivity index (χ4n) is 2.44. The van der Waals surface area contributed by atoms with Crippen molar-refractivity contribution in [1.29, 1.82) is 0 Å². The van der Waals surface area contributed by atoms with Crippen LogP contribution >= 0.6 is 0 Å². The molecule has 102 valence electrons. The Bertz CT molecular complexity index is 328. The van der Waals surface area contributed by atoms with Gasteiger partial charge in [0.05, 0.1) is 23.7 Å². The predicted molar refractivity (Wildman–Crippen MR) is 69.7 cm³/mol. The molecule has 1 aliphatic rings. The molecule has 1 aliphatic heterocycles. The summed E-state index contributed by atoms with van der Waals surface area (Å²) < 4.78 is 23.1. The van der Waals surface area contributed by atoms with Gasteiger partial charge in [0.1, 0.15) is 0 Å². The third-order valence-electron chi connectivity index (χ3n) is 2.96. The summed E-state index contributed by atoms with van der Waals surface area (Å²) in [7, 11) is -3.05. The Morgan fingerprint density at radius 2 is 1.59 bits per heavy atom. The molecule has 0 saturated carbocycles. The van der Waals surface area contributed by atoms with Crippen molar-refractivity contribution in [1.82, 2.24) is 4.90 Å². The van der Waals surface area contributed by atoms with Gasteiger partial charge in [0, 0.05) is 13.1 Å². The predicted octanol–water partition coefficient (Wildman–Crippen LogP) is 0.758. The monoisotopic (exact) mass is 263 g/mol. The molecular formula is C12H25NO3S. The lowest BCUT2D eigenvalue weighted by Gasteiger charge is -2.32. The highest BCUT2D eigenvalue weighted by atomic mass is 32.2. The Kier molecular flexibility index (Phi) is 4.98. The van der Waals surface area contributed by atoms with Crippen molar-refractivity contribution in [2.45, 2.75) is 39.8 Å². The Hall–Kier alpha value is -0.130. The quantitative estimate of drug-likeness (QED) is 0.795. The van der Waals surface area contributed by atoms with Crippen LogP contribution in [-0.4, -0.2) is 55.2 Å². The molecule has 0 bridgehead atoms. The molecule has 0 aromatic rings. The van der Waals surface area contributed by atoms with E-state index in [1.165, 1.54) is 0 Å². The summed E-state index contributed by atoms with van der Waals surface area (Å²) in [4.78, 5) is 2.14. The molecule has 0 radical (unpaired) electrons. The molecule has 4 nitrogen and oxygen atoms in total. The van der Waals surface area contributed by atoms with E-state index >= 15 is 0 Å². The van der Waals surface area contributed by atoms with Gasteiger partial charge in [-0.1, -0.05) is 27.7 Å². The number of hydrogen-bond acceptors (Lipinski definition) is 4. The molecule has 0 aliphatic carbocycles. The van der Waals surface area contributed by atoms with Crippen LogP contribution in [0.25, 0.3) is 0 Å². The lowest BCUT2D eigenvalue weighted by molar-refractivity contribution is 0.0677. The summed E-state index contributed by atoms with van der Waals surface area (Å²) in [6.45, 7) is 10.1. The fourth-order valence-corrected chi connectivity index (χ4v) is 4.27. The summed E-state index contributed by atoms with van der Waals surface area (Å²) in [5.41, 5.74) is 0. The second kappa shape index (κ2) is 5.67. The Labute approximate surface area is 105 Å². The minimum Gasteiger partial charge on any atom is -0.390 e. The van der Waals surface area contributed by atoms with Gasteiger partial charge in [0.2, 0.25) is 0 Å². The highest BCUT2D eigenvalue weighted by Crippen LogP contribution is 2.20. The third-order valence-corrected chi connectivity index (χ3v) is 4.66. The Morgan fingerprint density at radius 1 is 1.12 bits per heavy atom. The molecule has 1 heterocycles. The molecule has 0 aromatic carbocycles. The van der Waals surface area contributed by atoms with E-state index < -0.39 is 15.9 Å². The third kappa shape index (κ3) is 4.56. The van der Waals surface area contributed by atoms with E-state index in [0.717, 1.165) is 13.1 Å². The second-order valence-corrected chi connectivity index (χ2v) is 8.11. The first-order valence-electron chi connectivity index (χ1n) is 6.34. The lowest BCUT2D eigenvalue weighted by Crippen LogP contribution is -2.46. The van der Waals surface area contributed by atoms with Crippen LogP contribution in [0.15, 0.2) is 0 Å². The Balaban J connectivity index is 2.76. The van der Waals surface area contributed by atoms with Crippen molar-refractivity contribution in [3.63, 3.8) is 0 Å². The first kappa shape index (κ1) is 14.9. The molecule has 2 atom stereocenters. The van der Waals surface area contributed by atoms with Crippen LogP contribution in [0.3, 0.4) is 0 Å². The number of hydrogen-bond donors (Lipinski definition) is 1. The Morgan fingerprint density at radius 3 is 1.88 bits per heavy atom. The van der Waals surface area contributed by atoms with Crippen LogP contribution in [0.1, 0.15) is 27.7 Å². The van der Waals surface area contributed by atoms with Crippen molar-refractivity contribution in [3.05, 3.63) is 0 Å². The molecule has 5 heteroatoms. The molecule has 1 rings (SSSR count). The maximum Gasteiger partial charge on any atom is 0.154 e. The zero-order valence-corrected chi connectivity index (χ0v) is 12.1. The van der Waals surface area contributed by atoms with Crippen LogP contribution in [0.2, 0.25) is 0 Å². The molecule has 1 fully saturated rings. The molecule has 17 heavy (non-hydrogen) atoms. The van der Waals surface area contributed by atoms with E-state index in [9.17, 15) is 13.5 Å². The standard InChI is InChI=1S/C12H25NO3S/c1-9(2)5-13(6-10(3)4)11-7-17(15,16)8-12(11)14/h9-12,14H,5-8H2,1-4H3. The molecule has 2 unspecified atom stereocenters. The first-order chi connectivity index (χ1) is 7.71. The largest absolute Gasteiger partial charge is 0.390 e. The average molecular weight is 263 g/mol. The number of sulfone groups is 1. The van der Waals surface area contributed by atoms with Crippen LogP contribution in [0.4, 0.5) is 0 Å². The van der Waals surface area contributed by atoms with Gasteiger partial charge in [-0.2, -0.15) is 0 Å². The van der Waals surface area contributed by atoms with E-state index in [1.807, 2.05) is 0 Å². The number of aliphatic hydroxyl groups excluding tert-OH is 1. The highest BCUT2D eigenvalue weighted by Gasteiger charge is 2.40. The number of aliphatic hydroxyl groups is 1. The lowest BCUT2D eigenvalue weighted by atomic mass is 10.1. The highest BCUT2D eigenvalue weighted by molar-refractivity contribution is 7.91. The fraction of sp³-hybridized carbons (Fsp3) is 1.00. The minimum absolute atomic E-state index is 0.0790. The normalized spacial score (nSPS) is 28.5. The SMILES string of the molecule is CC(C)CN(CC(C)C)C1CS(=O)(=O)CC1O. The van der Waals surface area contributed by atoms with E-state index in [-0.39, 0.29) is 17.5 Å². The van der Waals surface area contributed by atoms with Gasteiger partial charge < -0.3 is 5.11 Å². The molecule has 1 saturated heterocycles. The van der Waals surface area contributed by atoms with Crippen molar-refractivity contribution in [3.8, 4) is 0 Å². The minimum atomic E-state index is -3.05. The van der Waals surface area contributed by atoms with Crippen molar-refractivity contribution >= 4 is 9.84 Å². The van der Waals surface area contributed by atoms with Crippen molar-refractivity contribution in [2.24, 2.45) is 11.8 Å². The van der Waals surface area contributed by atoms with Crippen molar-refractivity contribution < 1.29 is 13.5 Å². The van der Waals surface area contributed by atoms with Crippen LogP contribution in [0.5, 0.6) is 0 Å². The first-order valence-corrected chi connectivity index (χ1v) is 8.16. The van der Waals surface area contributed by atoms with E-state index in [4.69, 9.17) is 0 Å². The summed E-state index contributed by atoms with van der Waals surface area (Å²) in [6.07, 6.45) is -0.725. The van der Waals surface area contributed by atoms with E-state index in [0.29, 0.717) is 11.8 Å². The van der Waals surface area contributed by atoms with Crippen LogP contribution < -0.4 is 0 Å². The van der Waals surface area contributed by atoms with Gasteiger partial charge in [-0.15, -0.1) is 0 Å². The van der Waals surface area contributed by atoms with Gasteiger partial charge >= 0.3 is 0 Å². The topological polar surface area (TPSA) is 57.6 Å². The van der Waals surface area contributed by atoms with E-state index in [1.54, 1.807) is 0 Å². The van der Waals surface area contributed by atoms with Crippen LogP contribution in [-0.2, 0) is 9.84 Å². The maximum atomic E-state index is 11.5. The molecule has 0 aromatic heterocycles.